The molecule has 2 rings (SSSR count). The minimum atomic E-state index is 0.164. The molecule has 0 N–H and O–H groups in total. The lowest BCUT2D eigenvalue weighted by molar-refractivity contribution is -0.120. The van der Waals surface area contributed by atoms with Gasteiger partial charge in [-0.2, -0.15) is 0 Å². The van der Waals surface area contributed by atoms with Gasteiger partial charge in [-0.15, -0.1) is 0 Å². The molecule has 124 valence electrons. The van der Waals surface area contributed by atoms with Crippen molar-refractivity contribution in [2.75, 3.05) is 13.2 Å². The number of unbranched alkanes of at least 4 members (excludes halogenated alkanes) is 5. The number of benzene rings is 1. The molecule has 1 aliphatic heterocycles. The zero-order valence-electron chi connectivity index (χ0n) is 14.2. The smallest absolute Gasteiger partial charge is 0.184 e. The summed E-state index contributed by atoms with van der Waals surface area (Å²) in [6.45, 7) is 3.03. The molecule has 0 aliphatic carbocycles. The summed E-state index contributed by atoms with van der Waals surface area (Å²) in [6, 6.07) is 10.2. The van der Waals surface area contributed by atoms with Gasteiger partial charge in [-0.25, -0.2) is 0 Å². The first-order valence-corrected chi connectivity index (χ1v) is 8.87. The lowest BCUT2D eigenvalue weighted by atomic mass is 9.95. The first-order chi connectivity index (χ1) is 11.3. The number of ketones is 1. The molecule has 0 spiro atoms. The normalized spacial score (nSPS) is 15.6. The van der Waals surface area contributed by atoms with Crippen LogP contribution in [0, 0.1) is 0 Å². The van der Waals surface area contributed by atoms with Crippen LogP contribution in [0.1, 0.15) is 57.4 Å². The number of hydrogen-bond donors (Lipinski definition) is 0. The van der Waals surface area contributed by atoms with Gasteiger partial charge in [0.2, 0.25) is 0 Å². The first kappa shape index (κ1) is 17.7. The van der Waals surface area contributed by atoms with Gasteiger partial charge in [0, 0.05) is 5.57 Å². The van der Waals surface area contributed by atoms with Crippen molar-refractivity contribution in [3.63, 3.8) is 0 Å². The highest BCUT2D eigenvalue weighted by atomic mass is 16.5. The molecule has 1 aromatic rings. The van der Waals surface area contributed by atoms with Crippen molar-refractivity contribution in [1.29, 1.82) is 0 Å². The van der Waals surface area contributed by atoms with Crippen LogP contribution in [0.2, 0.25) is 0 Å². The summed E-state index contributed by atoms with van der Waals surface area (Å²) in [7, 11) is 0. The summed E-state index contributed by atoms with van der Waals surface area (Å²) >= 11 is 0. The molecule has 2 heteroatoms. The van der Waals surface area contributed by atoms with E-state index >= 15 is 0 Å². The SMILES string of the molecule is CCCCCCCCC1=C(/C=C/c2ccccc2)COCC1=O. The van der Waals surface area contributed by atoms with E-state index in [1.54, 1.807) is 0 Å². The van der Waals surface area contributed by atoms with Crippen LogP contribution in [0.5, 0.6) is 0 Å². The standard InChI is InChI=1S/C21H28O2/c1-2-3-4-5-6-10-13-20-19(16-23-17-21(20)22)15-14-18-11-8-7-9-12-18/h7-9,11-12,14-15H,2-6,10,13,16-17H2,1H3/b15-14+. The maximum Gasteiger partial charge on any atom is 0.184 e. The van der Waals surface area contributed by atoms with Gasteiger partial charge in [0.1, 0.15) is 6.61 Å². The number of Topliss-reactive ketones (excluding diaryl/α,β-unsaturated/α-hetero) is 1. The van der Waals surface area contributed by atoms with Crippen LogP contribution in [-0.2, 0) is 9.53 Å². The first-order valence-electron chi connectivity index (χ1n) is 8.87. The Labute approximate surface area is 140 Å². The van der Waals surface area contributed by atoms with E-state index in [0.717, 1.165) is 29.6 Å². The van der Waals surface area contributed by atoms with Crippen LogP contribution in [0.4, 0.5) is 0 Å². The third kappa shape index (κ3) is 6.15. The Morgan fingerprint density at radius 3 is 2.48 bits per heavy atom. The zero-order valence-corrected chi connectivity index (χ0v) is 14.2. The lowest BCUT2D eigenvalue weighted by Crippen LogP contribution is -2.21. The Kier molecular flexibility index (Phi) is 7.82. The van der Waals surface area contributed by atoms with Crippen LogP contribution in [0.15, 0.2) is 47.6 Å². The second kappa shape index (κ2) is 10.2. The van der Waals surface area contributed by atoms with Crippen LogP contribution in [0.3, 0.4) is 0 Å². The van der Waals surface area contributed by atoms with Crippen molar-refractivity contribution in [2.45, 2.75) is 51.9 Å². The van der Waals surface area contributed by atoms with E-state index in [9.17, 15) is 4.79 Å². The molecule has 0 saturated heterocycles. The predicted molar refractivity (Wildman–Crippen MR) is 96.3 cm³/mol. The van der Waals surface area contributed by atoms with Crippen molar-refractivity contribution in [3.05, 3.63) is 53.1 Å². The summed E-state index contributed by atoms with van der Waals surface area (Å²) < 4.78 is 5.41. The number of hydrogen-bond acceptors (Lipinski definition) is 2. The highest BCUT2D eigenvalue weighted by Crippen LogP contribution is 2.21. The fraction of sp³-hybridized carbons (Fsp3) is 0.476. The summed E-state index contributed by atoms with van der Waals surface area (Å²) in [5.74, 6) is 0.164. The van der Waals surface area contributed by atoms with E-state index in [1.807, 2.05) is 18.2 Å². The summed E-state index contributed by atoms with van der Waals surface area (Å²) in [5.41, 5.74) is 3.19. The Morgan fingerprint density at radius 2 is 1.70 bits per heavy atom. The summed E-state index contributed by atoms with van der Waals surface area (Å²) in [5, 5.41) is 0. The van der Waals surface area contributed by atoms with Crippen molar-refractivity contribution in [3.8, 4) is 0 Å². The second-order valence-corrected chi connectivity index (χ2v) is 6.18. The maximum atomic E-state index is 12.2. The highest BCUT2D eigenvalue weighted by Gasteiger charge is 2.18. The molecule has 0 saturated carbocycles. The molecule has 0 aromatic heterocycles. The third-order valence-corrected chi connectivity index (χ3v) is 4.27. The van der Waals surface area contributed by atoms with Gasteiger partial charge in [0.25, 0.3) is 0 Å². The molecule has 0 fully saturated rings. The number of carbonyl (C=O) groups is 1. The van der Waals surface area contributed by atoms with Crippen molar-refractivity contribution < 1.29 is 9.53 Å². The molecule has 0 atom stereocenters. The molecular formula is C21H28O2. The fourth-order valence-corrected chi connectivity index (χ4v) is 2.90. The maximum absolute atomic E-state index is 12.2. The minimum absolute atomic E-state index is 0.164. The summed E-state index contributed by atoms with van der Waals surface area (Å²) in [4.78, 5) is 12.2. The minimum Gasteiger partial charge on any atom is -0.369 e. The third-order valence-electron chi connectivity index (χ3n) is 4.27. The number of carbonyl (C=O) groups excluding carboxylic acids is 1. The molecule has 1 heterocycles. The van der Waals surface area contributed by atoms with Gasteiger partial charge in [-0.3, -0.25) is 4.79 Å². The molecular weight excluding hydrogens is 284 g/mol. The quantitative estimate of drug-likeness (QED) is 0.575. The average Bonchev–Trinajstić information content (AvgIpc) is 2.58. The van der Waals surface area contributed by atoms with E-state index in [0.29, 0.717) is 6.61 Å². The van der Waals surface area contributed by atoms with Crippen molar-refractivity contribution >= 4 is 11.9 Å². The fourth-order valence-electron chi connectivity index (χ4n) is 2.90. The predicted octanol–water partition coefficient (Wildman–Crippen LogP) is 5.35. The van der Waals surface area contributed by atoms with Crippen LogP contribution in [0.25, 0.3) is 6.08 Å². The Morgan fingerprint density at radius 1 is 0.957 bits per heavy atom. The monoisotopic (exact) mass is 312 g/mol. The number of rotatable bonds is 9. The van der Waals surface area contributed by atoms with Gasteiger partial charge in [-0.1, -0.05) is 81.5 Å². The average molecular weight is 312 g/mol. The molecule has 0 unspecified atom stereocenters. The van der Waals surface area contributed by atoms with Crippen LogP contribution < -0.4 is 0 Å². The van der Waals surface area contributed by atoms with E-state index in [2.05, 4.69) is 31.2 Å². The van der Waals surface area contributed by atoms with Gasteiger partial charge >= 0.3 is 0 Å². The lowest BCUT2D eigenvalue weighted by Gasteiger charge is -2.18. The van der Waals surface area contributed by atoms with E-state index in [1.165, 1.54) is 32.1 Å². The van der Waals surface area contributed by atoms with Crippen LogP contribution in [-0.4, -0.2) is 19.0 Å². The molecule has 0 radical (unpaired) electrons. The molecule has 2 nitrogen and oxygen atoms in total. The largest absolute Gasteiger partial charge is 0.369 e. The number of ether oxygens (including phenoxy) is 1. The molecule has 1 aliphatic rings. The van der Waals surface area contributed by atoms with E-state index in [-0.39, 0.29) is 12.4 Å². The van der Waals surface area contributed by atoms with Crippen molar-refractivity contribution in [1.82, 2.24) is 0 Å². The zero-order chi connectivity index (χ0) is 16.3. The van der Waals surface area contributed by atoms with Gasteiger partial charge in [0.05, 0.1) is 6.61 Å². The summed E-state index contributed by atoms with van der Waals surface area (Å²) in [6.07, 6.45) is 12.5. The van der Waals surface area contributed by atoms with Gasteiger partial charge < -0.3 is 4.74 Å². The topological polar surface area (TPSA) is 26.3 Å². The molecule has 0 amide bonds. The van der Waals surface area contributed by atoms with Gasteiger partial charge in [-0.05, 0) is 24.0 Å². The van der Waals surface area contributed by atoms with E-state index < -0.39 is 0 Å². The van der Waals surface area contributed by atoms with Crippen molar-refractivity contribution in [2.24, 2.45) is 0 Å². The Bertz CT molecular complexity index is 540. The highest BCUT2D eigenvalue weighted by molar-refractivity contribution is 5.98. The second-order valence-electron chi connectivity index (χ2n) is 6.18. The van der Waals surface area contributed by atoms with Gasteiger partial charge in [0.15, 0.2) is 5.78 Å². The Hall–Kier alpha value is -1.67. The Balaban J connectivity index is 1.94. The molecule has 23 heavy (non-hydrogen) atoms. The van der Waals surface area contributed by atoms with E-state index in [4.69, 9.17) is 4.74 Å². The van der Waals surface area contributed by atoms with Crippen LogP contribution >= 0.6 is 0 Å². The molecule has 0 bridgehead atoms. The molecule has 1 aromatic carbocycles.